The molecule has 1 rings (SSSR count). The minimum absolute atomic E-state index is 0.271. The zero-order valence-corrected chi connectivity index (χ0v) is 13.5. The average molecular weight is 348 g/mol. The minimum atomic E-state index is -4.40. The first-order chi connectivity index (χ1) is 11.1. The number of halogens is 3. The Hall–Kier alpha value is -2.29. The monoisotopic (exact) mass is 348 g/mol. The number of methoxy groups -OCH3 is 1. The molecule has 0 aliphatic carbocycles. The summed E-state index contributed by atoms with van der Waals surface area (Å²) >= 11 is 0. The molecule has 0 aliphatic heterocycles. The summed E-state index contributed by atoms with van der Waals surface area (Å²) in [6.07, 6.45) is -4.40. The number of carbonyl (C=O) groups excluding carboxylic acids is 2. The van der Waals surface area contributed by atoms with Crippen molar-refractivity contribution in [2.75, 3.05) is 25.6 Å². The van der Waals surface area contributed by atoms with Crippen molar-refractivity contribution >= 4 is 17.7 Å². The quantitative estimate of drug-likeness (QED) is 0.775. The fourth-order valence-corrected chi connectivity index (χ4v) is 1.82. The van der Waals surface area contributed by atoms with Crippen LogP contribution in [0.4, 0.5) is 23.7 Å². The Kier molecular flexibility index (Phi) is 7.02. The van der Waals surface area contributed by atoms with E-state index < -0.39 is 30.8 Å². The first-order valence-electron chi connectivity index (χ1n) is 7.03. The smallest absolute Gasteiger partial charge is 0.411 e. The summed E-state index contributed by atoms with van der Waals surface area (Å²) in [6.45, 7) is 1.57. The second-order valence-corrected chi connectivity index (χ2v) is 5.15. The van der Waals surface area contributed by atoms with Crippen LogP contribution >= 0.6 is 0 Å². The molecule has 1 aromatic carbocycles. The minimum Gasteiger partial charge on any atom is -0.465 e. The molecule has 1 atom stereocenters. The molecule has 1 aromatic rings. The van der Waals surface area contributed by atoms with Crippen LogP contribution in [0.2, 0.25) is 0 Å². The van der Waals surface area contributed by atoms with Gasteiger partial charge in [-0.3, -0.25) is 0 Å². The largest absolute Gasteiger partial charge is 0.465 e. The number of hydrogen-bond donors (Lipinski definition) is 2. The molecule has 0 spiro atoms. The molecule has 9 heteroatoms. The highest BCUT2D eigenvalue weighted by atomic mass is 19.4. The normalized spacial score (nSPS) is 12.4. The molecule has 0 saturated carbocycles. The van der Waals surface area contributed by atoms with Crippen LogP contribution in [0, 0.1) is 6.92 Å². The summed E-state index contributed by atoms with van der Waals surface area (Å²) in [5.41, 5.74) is 1.44. The van der Waals surface area contributed by atoms with Gasteiger partial charge in [-0.25, -0.2) is 9.59 Å². The molecule has 0 bridgehead atoms. The third-order valence-corrected chi connectivity index (χ3v) is 2.91. The van der Waals surface area contributed by atoms with Crippen molar-refractivity contribution in [3.8, 4) is 0 Å². The van der Waals surface area contributed by atoms with Crippen molar-refractivity contribution in [2.24, 2.45) is 0 Å². The second-order valence-electron chi connectivity index (χ2n) is 5.15. The summed E-state index contributed by atoms with van der Waals surface area (Å²) in [6, 6.07) is 3.38. The first kappa shape index (κ1) is 19.8. The van der Waals surface area contributed by atoms with Crippen molar-refractivity contribution in [1.29, 1.82) is 0 Å². The Morgan fingerprint density at radius 1 is 1.29 bits per heavy atom. The van der Waals surface area contributed by atoms with E-state index in [-0.39, 0.29) is 6.61 Å². The van der Waals surface area contributed by atoms with Crippen LogP contribution in [0.25, 0.3) is 0 Å². The molecule has 0 saturated heterocycles. The maximum absolute atomic E-state index is 12.0. The average Bonchev–Trinajstić information content (AvgIpc) is 2.47. The van der Waals surface area contributed by atoms with E-state index in [2.05, 4.69) is 20.1 Å². The molecule has 0 aliphatic rings. The molecule has 2 amide bonds. The number of ether oxygens (including phenoxy) is 2. The van der Waals surface area contributed by atoms with Crippen LogP contribution in [-0.2, 0) is 9.47 Å². The van der Waals surface area contributed by atoms with Crippen LogP contribution in [0.1, 0.15) is 22.8 Å². The SMILES string of the molecule is COC(=O)c1ccc(NC(=O)N[C@H](C)COCC(F)(F)F)c(C)c1. The van der Waals surface area contributed by atoms with E-state index in [1.807, 2.05) is 0 Å². The van der Waals surface area contributed by atoms with E-state index in [0.29, 0.717) is 16.8 Å². The highest BCUT2D eigenvalue weighted by Crippen LogP contribution is 2.17. The number of carbonyl (C=O) groups is 2. The zero-order valence-electron chi connectivity index (χ0n) is 13.5. The van der Waals surface area contributed by atoms with Gasteiger partial charge in [0, 0.05) is 5.69 Å². The molecule has 0 unspecified atom stereocenters. The highest BCUT2D eigenvalue weighted by Gasteiger charge is 2.27. The second kappa shape index (κ2) is 8.53. The Bertz CT molecular complexity index is 591. The van der Waals surface area contributed by atoms with Crippen LogP contribution in [0.15, 0.2) is 18.2 Å². The van der Waals surface area contributed by atoms with Gasteiger partial charge < -0.3 is 20.1 Å². The summed E-state index contributed by atoms with van der Waals surface area (Å²) in [5.74, 6) is -0.496. The Morgan fingerprint density at radius 2 is 1.96 bits per heavy atom. The van der Waals surface area contributed by atoms with Crippen molar-refractivity contribution in [3.05, 3.63) is 29.3 Å². The Labute approximate surface area is 137 Å². The van der Waals surface area contributed by atoms with Gasteiger partial charge in [-0.1, -0.05) is 0 Å². The number of esters is 1. The molecule has 24 heavy (non-hydrogen) atoms. The maximum Gasteiger partial charge on any atom is 0.411 e. The number of nitrogens with one attached hydrogen (secondary N) is 2. The molecule has 0 heterocycles. The maximum atomic E-state index is 12.0. The predicted octanol–water partition coefficient (Wildman–Crippen LogP) is 2.87. The van der Waals surface area contributed by atoms with E-state index in [1.165, 1.54) is 26.2 Å². The summed E-state index contributed by atoms with van der Waals surface area (Å²) in [5, 5.41) is 5.01. The predicted molar refractivity (Wildman–Crippen MR) is 81.0 cm³/mol. The fourth-order valence-electron chi connectivity index (χ4n) is 1.82. The number of benzene rings is 1. The van der Waals surface area contributed by atoms with Crippen LogP contribution < -0.4 is 10.6 Å². The van der Waals surface area contributed by atoms with Crippen molar-refractivity contribution in [2.45, 2.75) is 26.1 Å². The molecule has 6 nitrogen and oxygen atoms in total. The Morgan fingerprint density at radius 3 is 2.50 bits per heavy atom. The summed E-state index contributed by atoms with van der Waals surface area (Å²) in [4.78, 5) is 23.2. The van der Waals surface area contributed by atoms with Crippen LogP contribution in [0.5, 0.6) is 0 Å². The van der Waals surface area contributed by atoms with Gasteiger partial charge in [0.25, 0.3) is 0 Å². The zero-order chi connectivity index (χ0) is 18.3. The Balaban J connectivity index is 2.51. The summed E-state index contributed by atoms with van der Waals surface area (Å²) < 4.78 is 44.9. The van der Waals surface area contributed by atoms with Crippen LogP contribution in [0.3, 0.4) is 0 Å². The molecule has 2 N–H and O–H groups in total. The third kappa shape index (κ3) is 6.86. The van der Waals surface area contributed by atoms with E-state index in [1.54, 1.807) is 13.0 Å². The number of aryl methyl sites for hydroxylation is 1. The van der Waals surface area contributed by atoms with Gasteiger partial charge in [-0.15, -0.1) is 0 Å². The van der Waals surface area contributed by atoms with Crippen molar-refractivity contribution in [1.82, 2.24) is 5.32 Å². The van der Waals surface area contributed by atoms with Gasteiger partial charge in [-0.05, 0) is 37.6 Å². The molecular weight excluding hydrogens is 329 g/mol. The lowest BCUT2D eigenvalue weighted by atomic mass is 10.1. The lowest BCUT2D eigenvalue weighted by Crippen LogP contribution is -2.39. The van der Waals surface area contributed by atoms with Gasteiger partial charge in [0.1, 0.15) is 6.61 Å². The van der Waals surface area contributed by atoms with Crippen molar-refractivity contribution < 1.29 is 32.2 Å². The number of alkyl halides is 3. The van der Waals surface area contributed by atoms with E-state index in [9.17, 15) is 22.8 Å². The third-order valence-electron chi connectivity index (χ3n) is 2.91. The van der Waals surface area contributed by atoms with Gasteiger partial charge >= 0.3 is 18.2 Å². The lowest BCUT2D eigenvalue weighted by Gasteiger charge is -2.16. The van der Waals surface area contributed by atoms with Gasteiger partial charge in [-0.2, -0.15) is 13.2 Å². The molecule has 0 radical (unpaired) electrons. The lowest BCUT2D eigenvalue weighted by molar-refractivity contribution is -0.174. The molecule has 0 fully saturated rings. The molecule has 0 aromatic heterocycles. The van der Waals surface area contributed by atoms with E-state index in [4.69, 9.17) is 0 Å². The van der Waals surface area contributed by atoms with Crippen molar-refractivity contribution in [3.63, 3.8) is 0 Å². The van der Waals surface area contributed by atoms with Gasteiger partial charge in [0.05, 0.1) is 25.3 Å². The summed E-state index contributed by atoms with van der Waals surface area (Å²) in [7, 11) is 1.26. The molecular formula is C15H19F3N2O4. The molecule has 134 valence electrons. The number of anilines is 1. The van der Waals surface area contributed by atoms with E-state index >= 15 is 0 Å². The van der Waals surface area contributed by atoms with Gasteiger partial charge in [0.15, 0.2) is 0 Å². The number of amides is 2. The standard InChI is InChI=1S/C15H19F3N2O4/c1-9-6-11(13(21)23-3)4-5-12(9)20-14(22)19-10(2)7-24-8-15(16,17)18/h4-6,10H,7-8H2,1-3H3,(H2,19,20,22)/t10-/m1/s1. The highest BCUT2D eigenvalue weighted by molar-refractivity contribution is 5.93. The van der Waals surface area contributed by atoms with Gasteiger partial charge in [0.2, 0.25) is 0 Å². The topological polar surface area (TPSA) is 76.7 Å². The van der Waals surface area contributed by atoms with Crippen LogP contribution in [-0.4, -0.2) is 44.5 Å². The van der Waals surface area contributed by atoms with E-state index in [0.717, 1.165) is 0 Å². The number of urea groups is 1. The number of hydrogen-bond acceptors (Lipinski definition) is 4. The fraction of sp³-hybridized carbons (Fsp3) is 0.467. The number of rotatable bonds is 6. The first-order valence-corrected chi connectivity index (χ1v) is 7.03.